The van der Waals surface area contributed by atoms with E-state index in [4.69, 9.17) is 41.1 Å². The maximum absolute atomic E-state index is 13.6. The van der Waals surface area contributed by atoms with E-state index in [-0.39, 0.29) is 98.8 Å². The van der Waals surface area contributed by atoms with Gasteiger partial charge in [-0.25, -0.2) is 10.3 Å². The van der Waals surface area contributed by atoms with Gasteiger partial charge in [0.2, 0.25) is 51.9 Å². The summed E-state index contributed by atoms with van der Waals surface area (Å²) >= 11 is 5.61. The molecule has 1 saturated heterocycles. The Hall–Kier alpha value is -7.46. The highest BCUT2D eigenvalue weighted by atomic mass is 35.5. The number of urea groups is 1. The van der Waals surface area contributed by atoms with E-state index in [0.29, 0.717) is 96.8 Å². The van der Waals surface area contributed by atoms with Crippen LogP contribution in [0.4, 0.5) is 10.5 Å². The molecule has 22 nitrogen and oxygen atoms in total. The van der Waals surface area contributed by atoms with Crippen LogP contribution in [-0.2, 0) is 51.4 Å². The van der Waals surface area contributed by atoms with Crippen LogP contribution in [-0.4, -0.2) is 112 Å². The normalized spacial score (nSPS) is 14.7. The second-order valence-corrected chi connectivity index (χ2v) is 19.8. The maximum Gasteiger partial charge on any atom is 0.312 e. The first-order valence-electron chi connectivity index (χ1n) is 26.1. The molecule has 3 aromatic carbocycles. The Labute approximate surface area is 458 Å². The lowest BCUT2D eigenvalue weighted by Crippen LogP contribution is -2.54. The number of anilines is 1. The standard InChI is InChI=1S/C55H73ClN8O14/c1-32(2)49(62-45(67)14-9-15-47(69)64-27-24-34(25-28-64)52(56)70)54(72)61-40(11-10-26-58-55(57)73)53(71)59-36-19-16-33(17-20-36)31-78-63-46(68)13-8-7-12-44(66)60-39-22-18-35-29-43(75-4)50(76-5)51(77-6)48(35)37-21-23-42(74-3)41(65)30-38(37)39/h16-17,19-21,23,29-30,32,34,39-40,49H,7-15,18,22,24-28,31H2,1-6H3,(H,59,71)(H,60,66)(H,61,72)(H,62,67)(H,63,68)(H3,57,58,73)/t39?,40-,49-/m0/s1. The minimum absolute atomic E-state index is 0.00354. The van der Waals surface area contributed by atoms with E-state index in [2.05, 4.69) is 32.1 Å². The number of nitrogens with one attached hydrogen (secondary N) is 6. The number of unbranched alkanes of at least 4 members (excludes halogenated alkanes) is 1. The molecule has 8 N–H and O–H groups in total. The third-order valence-electron chi connectivity index (χ3n) is 13.6. The van der Waals surface area contributed by atoms with E-state index < -0.39 is 47.1 Å². The lowest BCUT2D eigenvalue weighted by molar-refractivity contribution is -0.135. The number of amides is 8. The van der Waals surface area contributed by atoms with Gasteiger partial charge in [0.05, 0.1) is 41.1 Å². The number of benzene rings is 2. The molecule has 0 radical (unpaired) electrons. The topological polar surface area (TPSA) is 301 Å². The Morgan fingerprint density at radius 1 is 0.731 bits per heavy atom. The van der Waals surface area contributed by atoms with Crippen LogP contribution < -0.4 is 62.2 Å². The van der Waals surface area contributed by atoms with Crippen molar-refractivity contribution in [2.24, 2.45) is 17.6 Å². The van der Waals surface area contributed by atoms with E-state index in [1.54, 1.807) is 55.1 Å². The summed E-state index contributed by atoms with van der Waals surface area (Å²) in [5.41, 5.74) is 11.2. The molecule has 78 heavy (non-hydrogen) atoms. The number of fused-ring (bicyclic) bond motifs is 3. The van der Waals surface area contributed by atoms with Crippen molar-refractivity contribution in [1.29, 1.82) is 0 Å². The molecule has 1 aliphatic heterocycles. The average Bonchev–Trinajstić information content (AvgIpc) is 3.70. The molecule has 0 aromatic heterocycles. The molecule has 0 spiro atoms. The van der Waals surface area contributed by atoms with Crippen molar-refractivity contribution in [3.63, 3.8) is 0 Å². The molecule has 23 heteroatoms. The van der Waals surface area contributed by atoms with Crippen LogP contribution in [0.25, 0.3) is 11.1 Å². The van der Waals surface area contributed by atoms with Crippen LogP contribution in [0.2, 0.25) is 0 Å². The fraction of sp³-hybridized carbons (Fsp3) is 0.509. The number of hydrogen-bond donors (Lipinski definition) is 7. The highest BCUT2D eigenvalue weighted by molar-refractivity contribution is 6.64. The highest BCUT2D eigenvalue weighted by Gasteiger charge is 2.32. The van der Waals surface area contributed by atoms with E-state index >= 15 is 0 Å². The first kappa shape index (κ1) is 61.4. The number of nitrogens with two attached hydrogens (primary N) is 1. The van der Waals surface area contributed by atoms with Gasteiger partial charge >= 0.3 is 6.03 Å². The van der Waals surface area contributed by atoms with Gasteiger partial charge in [0, 0.05) is 62.5 Å². The van der Waals surface area contributed by atoms with Crippen molar-refractivity contribution < 1.29 is 62.1 Å². The van der Waals surface area contributed by atoms with Crippen LogP contribution in [0.5, 0.6) is 23.0 Å². The number of aryl methyl sites for hydroxylation is 1. The molecule has 1 unspecified atom stereocenters. The number of carbonyl (C=O) groups excluding carboxylic acids is 8. The van der Waals surface area contributed by atoms with Gasteiger partial charge in [-0.1, -0.05) is 32.0 Å². The predicted molar refractivity (Wildman–Crippen MR) is 290 cm³/mol. The van der Waals surface area contributed by atoms with Crippen molar-refractivity contribution in [2.75, 3.05) is 53.4 Å². The van der Waals surface area contributed by atoms with Crippen LogP contribution >= 0.6 is 11.6 Å². The predicted octanol–water partition coefficient (Wildman–Crippen LogP) is 4.85. The fourth-order valence-corrected chi connectivity index (χ4v) is 9.58. The third kappa shape index (κ3) is 17.8. The third-order valence-corrected chi connectivity index (χ3v) is 13.9. The smallest absolute Gasteiger partial charge is 0.312 e. The van der Waals surface area contributed by atoms with Crippen molar-refractivity contribution in [3.8, 4) is 34.1 Å². The van der Waals surface area contributed by atoms with Gasteiger partial charge in [-0.15, -0.1) is 0 Å². The van der Waals surface area contributed by atoms with Crippen molar-refractivity contribution in [3.05, 3.63) is 75.4 Å². The summed E-state index contributed by atoms with van der Waals surface area (Å²) in [4.78, 5) is 122. The molecular formula is C55H73ClN8O14. The van der Waals surface area contributed by atoms with Crippen molar-refractivity contribution in [2.45, 2.75) is 122 Å². The minimum atomic E-state index is -1.07. The van der Waals surface area contributed by atoms with Crippen LogP contribution in [0.1, 0.15) is 114 Å². The molecule has 1 aliphatic carbocycles. The Morgan fingerprint density at radius 3 is 2.03 bits per heavy atom. The average molecular weight is 1110 g/mol. The van der Waals surface area contributed by atoms with Gasteiger partial charge < -0.3 is 56.2 Å². The number of ether oxygens (including phenoxy) is 4. The summed E-state index contributed by atoms with van der Waals surface area (Å²) in [6.07, 6.45) is 3.72. The lowest BCUT2D eigenvalue weighted by atomic mass is 9.95. The van der Waals surface area contributed by atoms with Gasteiger partial charge in [-0.3, -0.25) is 43.2 Å². The van der Waals surface area contributed by atoms with Gasteiger partial charge in [-0.05, 0) is 128 Å². The Bertz CT molecular complexity index is 2680. The fourth-order valence-electron chi connectivity index (χ4n) is 9.36. The summed E-state index contributed by atoms with van der Waals surface area (Å²) < 4.78 is 22.5. The lowest BCUT2D eigenvalue weighted by Gasteiger charge is -2.30. The van der Waals surface area contributed by atoms with Gasteiger partial charge in [0.25, 0.3) is 0 Å². The summed E-state index contributed by atoms with van der Waals surface area (Å²) in [7, 11) is 5.99. The molecule has 0 saturated carbocycles. The highest BCUT2D eigenvalue weighted by Crippen LogP contribution is 2.50. The number of hydroxylamine groups is 1. The van der Waals surface area contributed by atoms with Gasteiger partial charge in [-0.2, -0.15) is 0 Å². The molecule has 3 aromatic rings. The minimum Gasteiger partial charge on any atom is -0.493 e. The monoisotopic (exact) mass is 1100 g/mol. The molecule has 5 rings (SSSR count). The molecule has 0 bridgehead atoms. The SMILES string of the molecule is COc1cc2c(c(OC)c1OC)-c1ccc(OC)c(=O)cc1C(NC(=O)CCCCC(=O)NOCc1ccc(NC(=O)[C@H](CCCNC(N)=O)NC(=O)[C@@H](NC(=O)CCCC(=O)N3CCC(C(=O)Cl)CC3)C(C)C)cc1)CC2. The second kappa shape index (κ2) is 30.5. The number of rotatable bonds is 28. The first-order valence-corrected chi connectivity index (χ1v) is 26.5. The second-order valence-electron chi connectivity index (χ2n) is 19.4. The van der Waals surface area contributed by atoms with Crippen LogP contribution in [0.3, 0.4) is 0 Å². The van der Waals surface area contributed by atoms with E-state index in [1.165, 1.54) is 34.5 Å². The van der Waals surface area contributed by atoms with Crippen molar-refractivity contribution >= 4 is 64.0 Å². The van der Waals surface area contributed by atoms with Crippen LogP contribution in [0.15, 0.2) is 53.3 Å². The molecule has 2 aliphatic rings. The van der Waals surface area contributed by atoms with Gasteiger partial charge in [0.15, 0.2) is 17.2 Å². The summed E-state index contributed by atoms with van der Waals surface area (Å²) in [5, 5.41) is 13.4. The number of hydrogen-bond acceptors (Lipinski definition) is 14. The molecule has 3 atom stereocenters. The quantitative estimate of drug-likeness (QED) is 0.0291. The number of carbonyl (C=O) groups is 8. The summed E-state index contributed by atoms with van der Waals surface area (Å²) in [6, 6.07) is 9.96. The summed E-state index contributed by atoms with van der Waals surface area (Å²) in [6.45, 7) is 4.46. The largest absolute Gasteiger partial charge is 0.493 e. The van der Waals surface area contributed by atoms with E-state index in [9.17, 15) is 43.2 Å². The zero-order chi connectivity index (χ0) is 56.9. The Kier molecular flexibility index (Phi) is 24.0. The van der Waals surface area contributed by atoms with E-state index in [0.717, 1.165) is 5.56 Å². The number of methoxy groups -OCH3 is 4. The molecule has 1 heterocycles. The molecule has 424 valence electrons. The van der Waals surface area contributed by atoms with Crippen molar-refractivity contribution in [1.82, 2.24) is 31.6 Å². The summed E-state index contributed by atoms with van der Waals surface area (Å²) in [5.74, 6) is -1.55. The number of likely N-dealkylation sites (tertiary alicyclic amines) is 1. The number of halogens is 1. The number of primary amides is 1. The van der Waals surface area contributed by atoms with Crippen LogP contribution in [0, 0.1) is 11.8 Å². The maximum atomic E-state index is 13.6. The first-order chi connectivity index (χ1) is 37.4. The zero-order valence-electron chi connectivity index (χ0n) is 45.1. The zero-order valence-corrected chi connectivity index (χ0v) is 45.9. The Balaban J connectivity index is 1.07. The molecule has 8 amide bonds. The molecular weight excluding hydrogens is 1030 g/mol. The van der Waals surface area contributed by atoms with Gasteiger partial charge in [0.1, 0.15) is 12.1 Å². The van der Waals surface area contributed by atoms with E-state index in [1.807, 2.05) is 6.07 Å². The number of piperidine rings is 1. The Morgan fingerprint density at radius 2 is 1.40 bits per heavy atom. The molecule has 1 fully saturated rings. The number of nitrogens with zero attached hydrogens (tertiary/aromatic N) is 1.